The van der Waals surface area contributed by atoms with Gasteiger partial charge in [-0.2, -0.15) is 0 Å². The monoisotopic (exact) mass is 274 g/mol. The van der Waals surface area contributed by atoms with Crippen LogP contribution in [0.5, 0.6) is 11.5 Å². The molecule has 1 aromatic heterocycles. The highest BCUT2D eigenvalue weighted by Gasteiger charge is 2.05. The Morgan fingerprint density at radius 2 is 1.90 bits per heavy atom. The fraction of sp³-hybridized carbons (Fsp3) is 0.267. The summed E-state index contributed by atoms with van der Waals surface area (Å²) in [4.78, 5) is 11.8. The van der Waals surface area contributed by atoms with Crippen LogP contribution in [0.25, 0.3) is 0 Å². The molecule has 0 fully saturated rings. The van der Waals surface area contributed by atoms with E-state index >= 15 is 0 Å². The molecule has 106 valence electrons. The Morgan fingerprint density at radius 3 is 2.50 bits per heavy atom. The molecule has 1 aromatic carbocycles. The number of benzene rings is 1. The van der Waals surface area contributed by atoms with Gasteiger partial charge in [-0.25, -0.2) is 0 Å². The van der Waals surface area contributed by atoms with Crippen molar-refractivity contribution in [3.8, 4) is 11.5 Å². The predicted molar refractivity (Wildman–Crippen MR) is 76.2 cm³/mol. The third-order valence-corrected chi connectivity index (χ3v) is 2.81. The first-order valence-electron chi connectivity index (χ1n) is 6.36. The van der Waals surface area contributed by atoms with E-state index in [4.69, 9.17) is 9.47 Å². The van der Waals surface area contributed by atoms with Crippen molar-refractivity contribution in [1.29, 1.82) is 0 Å². The van der Waals surface area contributed by atoms with Gasteiger partial charge < -0.3 is 19.4 Å². The number of hydrogen-bond donors (Lipinski definition) is 1. The molecule has 1 N–H and O–H groups in total. The van der Waals surface area contributed by atoms with Gasteiger partial charge in [0.15, 0.2) is 0 Å². The molecule has 5 nitrogen and oxygen atoms in total. The number of hydrogen-bond acceptors (Lipinski definition) is 3. The predicted octanol–water partition coefficient (Wildman–Crippen LogP) is 1.84. The minimum atomic E-state index is -0.0936. The largest absolute Gasteiger partial charge is 0.497 e. The minimum Gasteiger partial charge on any atom is -0.497 e. The minimum absolute atomic E-state index is 0.0936. The quantitative estimate of drug-likeness (QED) is 0.818. The van der Waals surface area contributed by atoms with Gasteiger partial charge >= 0.3 is 0 Å². The average molecular weight is 274 g/mol. The second-order valence-corrected chi connectivity index (χ2v) is 4.35. The summed E-state index contributed by atoms with van der Waals surface area (Å²) in [7, 11) is 3.50. The van der Waals surface area contributed by atoms with Crippen LogP contribution in [0.4, 0.5) is 0 Å². The lowest BCUT2D eigenvalue weighted by atomic mass is 10.3. The molecule has 0 aliphatic carbocycles. The van der Waals surface area contributed by atoms with Crippen LogP contribution in [0, 0.1) is 0 Å². The Balaban J connectivity index is 1.72. The number of carbonyl (C=O) groups excluding carboxylic acids is 1. The summed E-state index contributed by atoms with van der Waals surface area (Å²) in [6.07, 6.45) is 3.61. The molecule has 2 rings (SSSR count). The van der Waals surface area contributed by atoms with Gasteiger partial charge in [-0.15, -0.1) is 0 Å². The molecule has 0 aliphatic rings. The fourth-order valence-electron chi connectivity index (χ4n) is 1.75. The Bertz CT molecular complexity index is 561. The first-order chi connectivity index (χ1) is 9.69. The fourth-order valence-corrected chi connectivity index (χ4v) is 1.75. The van der Waals surface area contributed by atoms with Gasteiger partial charge in [-0.3, -0.25) is 4.79 Å². The van der Waals surface area contributed by atoms with E-state index in [1.807, 2.05) is 42.1 Å². The summed E-state index contributed by atoms with van der Waals surface area (Å²) in [5.74, 6) is 1.44. The zero-order valence-corrected chi connectivity index (χ0v) is 11.6. The van der Waals surface area contributed by atoms with Crippen molar-refractivity contribution < 1.29 is 14.3 Å². The number of nitrogens with zero attached hydrogens (tertiary/aromatic N) is 1. The molecule has 5 heteroatoms. The van der Waals surface area contributed by atoms with Gasteiger partial charge in [-0.1, -0.05) is 0 Å². The highest BCUT2D eigenvalue weighted by Crippen LogP contribution is 2.16. The van der Waals surface area contributed by atoms with E-state index in [0.29, 0.717) is 18.7 Å². The van der Waals surface area contributed by atoms with Gasteiger partial charge in [-0.05, 0) is 30.3 Å². The lowest BCUT2D eigenvalue weighted by molar-refractivity contribution is 0.0947. The third kappa shape index (κ3) is 3.78. The number of nitrogens with one attached hydrogen (secondary N) is 1. The molecule has 1 amide bonds. The number of ether oxygens (including phenoxy) is 2. The van der Waals surface area contributed by atoms with Crippen molar-refractivity contribution in [3.05, 3.63) is 48.3 Å². The van der Waals surface area contributed by atoms with Crippen LogP contribution in [0.1, 0.15) is 10.4 Å². The van der Waals surface area contributed by atoms with Crippen LogP contribution in [0.3, 0.4) is 0 Å². The maximum atomic E-state index is 11.8. The number of aryl methyl sites for hydroxylation is 1. The number of aromatic nitrogens is 1. The molecule has 20 heavy (non-hydrogen) atoms. The number of amides is 1. The average Bonchev–Trinajstić information content (AvgIpc) is 2.91. The molecule has 0 radical (unpaired) electrons. The normalized spacial score (nSPS) is 10.1. The lowest BCUT2D eigenvalue weighted by Gasteiger charge is -2.07. The van der Waals surface area contributed by atoms with Gasteiger partial charge in [0.2, 0.25) is 0 Å². The van der Waals surface area contributed by atoms with Gasteiger partial charge in [0.25, 0.3) is 5.91 Å². The van der Waals surface area contributed by atoms with E-state index in [-0.39, 0.29) is 5.91 Å². The summed E-state index contributed by atoms with van der Waals surface area (Å²) in [5, 5.41) is 2.80. The third-order valence-electron chi connectivity index (χ3n) is 2.81. The number of methoxy groups -OCH3 is 1. The molecular formula is C15H18N2O3. The zero-order chi connectivity index (χ0) is 14.4. The van der Waals surface area contributed by atoms with Crippen molar-refractivity contribution in [2.24, 2.45) is 7.05 Å². The number of carbonyl (C=O) groups is 1. The lowest BCUT2D eigenvalue weighted by Crippen LogP contribution is -2.27. The highest BCUT2D eigenvalue weighted by atomic mass is 16.5. The van der Waals surface area contributed by atoms with Crippen LogP contribution < -0.4 is 14.8 Å². The van der Waals surface area contributed by atoms with E-state index in [2.05, 4.69) is 5.32 Å². The SMILES string of the molecule is COc1ccc(OCCNC(=O)c2ccn(C)c2)cc1. The summed E-state index contributed by atoms with van der Waals surface area (Å²) >= 11 is 0. The molecule has 0 bridgehead atoms. The van der Waals surface area contributed by atoms with Crippen molar-refractivity contribution >= 4 is 5.91 Å². The van der Waals surface area contributed by atoms with Crippen molar-refractivity contribution in [1.82, 2.24) is 9.88 Å². The van der Waals surface area contributed by atoms with Gasteiger partial charge in [0.05, 0.1) is 19.2 Å². The van der Waals surface area contributed by atoms with Gasteiger partial charge in [0, 0.05) is 19.4 Å². The standard InChI is InChI=1S/C15H18N2O3/c1-17-9-7-12(11-17)15(18)16-8-10-20-14-5-3-13(19-2)4-6-14/h3-7,9,11H,8,10H2,1-2H3,(H,16,18). The van der Waals surface area contributed by atoms with E-state index in [0.717, 1.165) is 11.5 Å². The van der Waals surface area contributed by atoms with Gasteiger partial charge in [0.1, 0.15) is 18.1 Å². The second-order valence-electron chi connectivity index (χ2n) is 4.35. The van der Waals surface area contributed by atoms with Crippen molar-refractivity contribution in [2.75, 3.05) is 20.3 Å². The maximum absolute atomic E-state index is 11.8. The molecule has 0 aliphatic heterocycles. The summed E-state index contributed by atoms with van der Waals surface area (Å²) in [6.45, 7) is 0.880. The Hall–Kier alpha value is -2.43. The Kier molecular flexibility index (Phi) is 4.65. The molecule has 0 unspecified atom stereocenters. The van der Waals surface area contributed by atoms with Crippen molar-refractivity contribution in [2.45, 2.75) is 0 Å². The first kappa shape index (κ1) is 14.0. The summed E-state index contributed by atoms with van der Waals surface area (Å²) in [6, 6.07) is 9.10. The Morgan fingerprint density at radius 1 is 1.20 bits per heavy atom. The Labute approximate surface area is 118 Å². The molecule has 0 saturated heterocycles. The highest BCUT2D eigenvalue weighted by molar-refractivity contribution is 5.93. The molecule has 0 atom stereocenters. The zero-order valence-electron chi connectivity index (χ0n) is 11.6. The molecule has 2 aromatic rings. The van der Waals surface area contributed by atoms with Crippen LogP contribution in [0.15, 0.2) is 42.7 Å². The first-order valence-corrected chi connectivity index (χ1v) is 6.36. The van der Waals surface area contributed by atoms with Crippen LogP contribution in [-0.4, -0.2) is 30.7 Å². The summed E-state index contributed by atoms with van der Waals surface area (Å²) in [5.41, 5.74) is 0.650. The second kappa shape index (κ2) is 6.65. The molecule has 0 saturated carbocycles. The smallest absolute Gasteiger partial charge is 0.252 e. The van der Waals surface area contributed by atoms with Crippen LogP contribution in [-0.2, 0) is 7.05 Å². The molecule has 0 spiro atoms. The topological polar surface area (TPSA) is 52.5 Å². The van der Waals surface area contributed by atoms with Crippen LogP contribution in [0.2, 0.25) is 0 Å². The van der Waals surface area contributed by atoms with E-state index in [1.54, 1.807) is 19.4 Å². The molecule has 1 heterocycles. The maximum Gasteiger partial charge on any atom is 0.252 e. The van der Waals surface area contributed by atoms with Crippen LogP contribution >= 0.6 is 0 Å². The summed E-state index contributed by atoms with van der Waals surface area (Å²) < 4.78 is 12.4. The molecular weight excluding hydrogens is 256 g/mol. The van der Waals surface area contributed by atoms with E-state index < -0.39 is 0 Å². The number of rotatable bonds is 6. The van der Waals surface area contributed by atoms with E-state index in [1.165, 1.54) is 0 Å². The van der Waals surface area contributed by atoms with Crippen molar-refractivity contribution in [3.63, 3.8) is 0 Å². The van der Waals surface area contributed by atoms with E-state index in [9.17, 15) is 4.79 Å².